The van der Waals surface area contributed by atoms with Crippen LogP contribution in [0.4, 0.5) is 0 Å². The molecule has 0 bridgehead atoms. The molecule has 1 fully saturated rings. The molecular weight excluding hydrogens is 226 g/mol. The number of hydrogen-bond donors (Lipinski definition) is 0. The second-order valence-electron chi connectivity index (χ2n) is 4.95. The van der Waals surface area contributed by atoms with Crippen molar-refractivity contribution in [3.05, 3.63) is 35.9 Å². The van der Waals surface area contributed by atoms with Gasteiger partial charge < -0.3 is 9.64 Å². The summed E-state index contributed by atoms with van der Waals surface area (Å²) in [5.74, 6) is 0.231. The third-order valence-corrected chi connectivity index (χ3v) is 3.56. The summed E-state index contributed by atoms with van der Waals surface area (Å²) in [5.41, 5.74) is 1.28. The van der Waals surface area contributed by atoms with Crippen LogP contribution in [-0.2, 0) is 9.53 Å². The van der Waals surface area contributed by atoms with Crippen molar-refractivity contribution in [2.75, 3.05) is 20.1 Å². The molecule has 98 valence electrons. The van der Waals surface area contributed by atoms with Crippen molar-refractivity contribution in [3.63, 3.8) is 0 Å². The quantitative estimate of drug-likeness (QED) is 0.768. The molecular formula is C15H21NO2. The van der Waals surface area contributed by atoms with Crippen molar-refractivity contribution in [1.82, 2.24) is 4.90 Å². The van der Waals surface area contributed by atoms with Gasteiger partial charge in [0.15, 0.2) is 0 Å². The average Bonchev–Trinajstić information content (AvgIpc) is 2.40. The Bertz CT molecular complexity index is 391. The van der Waals surface area contributed by atoms with Crippen molar-refractivity contribution in [2.45, 2.75) is 31.8 Å². The van der Waals surface area contributed by atoms with Crippen molar-refractivity contribution >= 4 is 5.97 Å². The molecule has 2 atom stereocenters. The van der Waals surface area contributed by atoms with Crippen LogP contribution in [0.2, 0.25) is 0 Å². The fraction of sp³-hybridized carbons (Fsp3) is 0.533. The number of ether oxygens (including phenoxy) is 1. The van der Waals surface area contributed by atoms with Crippen LogP contribution in [0.5, 0.6) is 0 Å². The first-order valence-corrected chi connectivity index (χ1v) is 6.63. The molecule has 0 aromatic heterocycles. The molecule has 0 radical (unpaired) electrons. The van der Waals surface area contributed by atoms with E-state index in [0.717, 1.165) is 19.5 Å². The molecule has 0 N–H and O–H groups in total. The predicted molar refractivity (Wildman–Crippen MR) is 71.5 cm³/mol. The number of hydrogen-bond acceptors (Lipinski definition) is 3. The minimum Gasteiger partial charge on any atom is -0.460 e. The van der Waals surface area contributed by atoms with Gasteiger partial charge in [-0.15, -0.1) is 0 Å². The smallest absolute Gasteiger partial charge is 0.305 e. The lowest BCUT2D eigenvalue weighted by Crippen LogP contribution is -2.43. The molecule has 1 aliphatic heterocycles. The van der Waals surface area contributed by atoms with Crippen LogP contribution < -0.4 is 0 Å². The molecule has 0 aliphatic carbocycles. The number of esters is 1. The number of piperidine rings is 1. The number of nitrogens with zero attached hydrogens (tertiary/aromatic N) is 1. The van der Waals surface area contributed by atoms with E-state index in [2.05, 4.69) is 24.1 Å². The second kappa shape index (κ2) is 6.01. The molecule has 1 aromatic carbocycles. The minimum absolute atomic E-state index is 0.0152. The molecule has 0 unspecified atom stereocenters. The Balaban J connectivity index is 2.13. The summed E-state index contributed by atoms with van der Waals surface area (Å²) in [6.45, 7) is 3.72. The highest BCUT2D eigenvalue weighted by Crippen LogP contribution is 2.30. The number of carbonyl (C=O) groups is 1. The lowest BCUT2D eigenvalue weighted by atomic mass is 9.87. The van der Waals surface area contributed by atoms with Crippen LogP contribution in [0.15, 0.2) is 30.3 Å². The first kappa shape index (κ1) is 13.1. The van der Waals surface area contributed by atoms with E-state index < -0.39 is 0 Å². The van der Waals surface area contributed by atoms with Gasteiger partial charge in [-0.25, -0.2) is 0 Å². The van der Waals surface area contributed by atoms with Crippen LogP contribution in [0.25, 0.3) is 0 Å². The van der Waals surface area contributed by atoms with Crippen molar-refractivity contribution in [3.8, 4) is 0 Å². The van der Waals surface area contributed by atoms with Gasteiger partial charge in [0.2, 0.25) is 0 Å². The van der Waals surface area contributed by atoms with Crippen LogP contribution in [0.3, 0.4) is 0 Å². The van der Waals surface area contributed by atoms with E-state index in [-0.39, 0.29) is 12.1 Å². The average molecular weight is 247 g/mol. The maximum Gasteiger partial charge on any atom is 0.305 e. The van der Waals surface area contributed by atoms with Gasteiger partial charge in [-0.05, 0) is 25.6 Å². The normalized spacial score (nSPS) is 24.8. The molecule has 3 heteroatoms. The van der Waals surface area contributed by atoms with Crippen LogP contribution >= 0.6 is 0 Å². The zero-order valence-corrected chi connectivity index (χ0v) is 11.1. The number of rotatable bonds is 3. The summed E-state index contributed by atoms with van der Waals surface area (Å²) in [4.78, 5) is 13.8. The summed E-state index contributed by atoms with van der Waals surface area (Å²) in [7, 11) is 2.08. The predicted octanol–water partition coefficient (Wildman–Crippen LogP) is 2.43. The highest BCUT2D eigenvalue weighted by molar-refractivity contribution is 5.69. The molecule has 3 nitrogen and oxygen atoms in total. The van der Waals surface area contributed by atoms with Gasteiger partial charge >= 0.3 is 5.97 Å². The number of benzene rings is 1. The molecule has 18 heavy (non-hydrogen) atoms. The third-order valence-electron chi connectivity index (χ3n) is 3.56. The molecule has 1 aromatic rings. The number of likely N-dealkylation sites (N-methyl/N-ethyl adjacent to an activating group) is 1. The molecule has 1 saturated heterocycles. The lowest BCUT2D eigenvalue weighted by molar-refractivity contribution is -0.152. The van der Waals surface area contributed by atoms with Crippen molar-refractivity contribution < 1.29 is 9.53 Å². The Hall–Kier alpha value is -1.35. The SMILES string of the molecule is CCC(=O)O[C@H]1CN(C)CC[C@H]1c1ccccc1. The first-order valence-electron chi connectivity index (χ1n) is 6.63. The summed E-state index contributed by atoms with van der Waals surface area (Å²) in [6, 6.07) is 10.4. The maximum absolute atomic E-state index is 11.5. The maximum atomic E-state index is 11.5. The number of likely N-dealkylation sites (tertiary alicyclic amines) is 1. The molecule has 0 spiro atoms. The molecule has 2 rings (SSSR count). The van der Waals surface area contributed by atoms with Gasteiger partial charge in [-0.2, -0.15) is 0 Å². The summed E-state index contributed by atoms with van der Waals surface area (Å²) in [6.07, 6.45) is 1.47. The third kappa shape index (κ3) is 3.10. The van der Waals surface area contributed by atoms with E-state index in [9.17, 15) is 4.79 Å². The summed E-state index contributed by atoms with van der Waals surface area (Å²) < 4.78 is 5.60. The zero-order valence-electron chi connectivity index (χ0n) is 11.1. The monoisotopic (exact) mass is 247 g/mol. The Morgan fingerprint density at radius 1 is 1.39 bits per heavy atom. The Labute approximate surface area is 109 Å². The van der Waals surface area contributed by atoms with Crippen LogP contribution in [-0.4, -0.2) is 37.1 Å². The van der Waals surface area contributed by atoms with E-state index in [1.54, 1.807) is 0 Å². The Morgan fingerprint density at radius 2 is 2.11 bits per heavy atom. The van der Waals surface area contributed by atoms with E-state index in [1.807, 2.05) is 25.1 Å². The molecule has 1 aliphatic rings. The standard InChI is InChI=1S/C15H21NO2/c1-3-15(17)18-14-11-16(2)10-9-13(14)12-7-5-4-6-8-12/h4-8,13-14H,3,9-11H2,1-2H3/t13-,14-/m0/s1. The van der Waals surface area contributed by atoms with Gasteiger partial charge in [0.25, 0.3) is 0 Å². The zero-order chi connectivity index (χ0) is 13.0. The van der Waals surface area contributed by atoms with E-state index in [1.165, 1.54) is 5.56 Å². The first-order chi connectivity index (χ1) is 8.70. The molecule has 0 amide bonds. The highest BCUT2D eigenvalue weighted by atomic mass is 16.5. The van der Waals surface area contributed by atoms with Gasteiger partial charge in [-0.3, -0.25) is 4.79 Å². The van der Waals surface area contributed by atoms with Crippen molar-refractivity contribution in [2.24, 2.45) is 0 Å². The van der Waals surface area contributed by atoms with E-state index in [0.29, 0.717) is 12.3 Å². The fourth-order valence-corrected chi connectivity index (χ4v) is 2.52. The van der Waals surface area contributed by atoms with E-state index in [4.69, 9.17) is 4.74 Å². The molecule has 0 saturated carbocycles. The number of carbonyl (C=O) groups excluding carboxylic acids is 1. The molecule has 1 heterocycles. The largest absolute Gasteiger partial charge is 0.460 e. The second-order valence-corrected chi connectivity index (χ2v) is 4.95. The van der Waals surface area contributed by atoms with Gasteiger partial charge in [0.05, 0.1) is 0 Å². The fourth-order valence-electron chi connectivity index (χ4n) is 2.52. The van der Waals surface area contributed by atoms with Gasteiger partial charge in [0.1, 0.15) is 6.10 Å². The van der Waals surface area contributed by atoms with Gasteiger partial charge in [0, 0.05) is 18.9 Å². The lowest BCUT2D eigenvalue weighted by Gasteiger charge is -2.36. The van der Waals surface area contributed by atoms with Crippen LogP contribution in [0.1, 0.15) is 31.2 Å². The topological polar surface area (TPSA) is 29.5 Å². The van der Waals surface area contributed by atoms with Crippen LogP contribution in [0, 0.1) is 0 Å². The minimum atomic E-state index is -0.101. The summed E-state index contributed by atoms with van der Waals surface area (Å²) >= 11 is 0. The Kier molecular flexibility index (Phi) is 4.37. The Morgan fingerprint density at radius 3 is 2.78 bits per heavy atom. The highest BCUT2D eigenvalue weighted by Gasteiger charge is 2.31. The van der Waals surface area contributed by atoms with E-state index >= 15 is 0 Å². The summed E-state index contributed by atoms with van der Waals surface area (Å²) in [5, 5.41) is 0. The van der Waals surface area contributed by atoms with Gasteiger partial charge in [-0.1, -0.05) is 37.3 Å². The van der Waals surface area contributed by atoms with Crippen molar-refractivity contribution in [1.29, 1.82) is 0 Å².